The minimum absolute atomic E-state index is 0.114. The van der Waals surface area contributed by atoms with E-state index in [9.17, 15) is 15.0 Å². The van der Waals surface area contributed by atoms with Gasteiger partial charge >= 0.3 is 0 Å². The van der Waals surface area contributed by atoms with Gasteiger partial charge in [0.05, 0.1) is 12.1 Å². The Labute approximate surface area is 115 Å². The molecule has 1 amide bonds. The van der Waals surface area contributed by atoms with Crippen LogP contribution in [0.1, 0.15) is 0 Å². The van der Waals surface area contributed by atoms with Gasteiger partial charge in [0, 0.05) is 6.54 Å². The van der Waals surface area contributed by atoms with Crippen LogP contribution in [-0.2, 0) is 4.79 Å². The van der Waals surface area contributed by atoms with Crippen LogP contribution in [0.25, 0.3) is 0 Å². The Bertz CT molecular complexity index is 515. The number of rotatable bonds is 3. The molecule has 0 fully saturated rings. The highest BCUT2D eigenvalue weighted by atomic mass is 16.3. The molecule has 5 unspecified atom stereocenters. The van der Waals surface area contributed by atoms with E-state index in [1.165, 1.54) is 0 Å². The van der Waals surface area contributed by atoms with Crippen molar-refractivity contribution in [1.82, 2.24) is 16.0 Å². The maximum absolute atomic E-state index is 11.9. The molecule has 0 bridgehead atoms. The number of hydrogen-bond acceptors (Lipinski definition) is 7. The van der Waals surface area contributed by atoms with E-state index >= 15 is 0 Å². The fraction of sp³-hybridized carbons (Fsp3) is 0.500. The van der Waals surface area contributed by atoms with Crippen LogP contribution in [0.15, 0.2) is 28.9 Å². The first-order chi connectivity index (χ1) is 9.56. The second-order valence-corrected chi connectivity index (χ2v) is 5.08. The maximum atomic E-state index is 11.9. The van der Waals surface area contributed by atoms with E-state index in [4.69, 9.17) is 5.73 Å². The smallest absolute Gasteiger partial charge is 0.238 e. The number of nitrogens with one attached hydrogen (secondary N) is 3. The molecule has 0 aromatic heterocycles. The van der Waals surface area contributed by atoms with Gasteiger partial charge in [-0.3, -0.25) is 10.1 Å². The summed E-state index contributed by atoms with van der Waals surface area (Å²) < 4.78 is 0. The molecule has 20 heavy (non-hydrogen) atoms. The van der Waals surface area contributed by atoms with Gasteiger partial charge in [-0.05, 0) is 11.8 Å². The summed E-state index contributed by atoms with van der Waals surface area (Å²) in [6.45, 7) is 0.412. The summed E-state index contributed by atoms with van der Waals surface area (Å²) in [5, 5.41) is 27.8. The van der Waals surface area contributed by atoms with Gasteiger partial charge in [-0.1, -0.05) is 12.2 Å². The van der Waals surface area contributed by atoms with Crippen LogP contribution >= 0.6 is 0 Å². The zero-order valence-corrected chi connectivity index (χ0v) is 10.7. The van der Waals surface area contributed by atoms with Crippen LogP contribution in [-0.4, -0.2) is 53.0 Å². The highest BCUT2D eigenvalue weighted by molar-refractivity contribution is 6.01. The molecule has 8 heteroatoms. The maximum Gasteiger partial charge on any atom is 0.238 e. The third kappa shape index (κ3) is 2.17. The van der Waals surface area contributed by atoms with E-state index in [0.29, 0.717) is 6.54 Å². The summed E-state index contributed by atoms with van der Waals surface area (Å²) in [5.74, 6) is -0.478. The Hall–Kier alpha value is -1.90. The van der Waals surface area contributed by atoms with Crippen LogP contribution in [0.2, 0.25) is 0 Å². The quantitative estimate of drug-likeness (QED) is 0.307. The standard InChI is InChI=1S/C12H17N5O3/c13-12-16-10-8(11(20)17-12)5(4-15-10)3-14-6-1-2-7(18)9(6)19/h1-2,4,6-10,14-15,18-19H,3H2,(H3,13,16,17,20). The zero-order chi connectivity index (χ0) is 14.3. The molecule has 3 rings (SSSR count). The number of aliphatic imine (C=N–C) groups is 1. The fourth-order valence-electron chi connectivity index (χ4n) is 2.65. The largest absolute Gasteiger partial charge is 0.388 e. The van der Waals surface area contributed by atoms with Crippen molar-refractivity contribution < 1.29 is 15.0 Å². The van der Waals surface area contributed by atoms with Crippen molar-refractivity contribution in [2.45, 2.75) is 24.4 Å². The number of nitrogens with zero attached hydrogens (tertiary/aromatic N) is 1. The molecule has 1 aliphatic carbocycles. The number of aliphatic hydroxyl groups is 2. The van der Waals surface area contributed by atoms with E-state index in [1.807, 2.05) is 0 Å². The SMILES string of the molecule is NC1=NC2NC=C(CNC3C=CC(O)C3O)C2C(=O)N1. The predicted molar refractivity (Wildman–Crippen MR) is 71.2 cm³/mol. The molecule has 0 saturated carbocycles. The lowest BCUT2D eigenvalue weighted by Crippen LogP contribution is -2.51. The number of guanidine groups is 1. The van der Waals surface area contributed by atoms with E-state index in [0.717, 1.165) is 5.57 Å². The Morgan fingerprint density at radius 3 is 2.90 bits per heavy atom. The Morgan fingerprint density at radius 2 is 2.20 bits per heavy atom. The third-order valence-electron chi connectivity index (χ3n) is 3.74. The normalized spacial score (nSPS) is 38.9. The Balaban J connectivity index is 1.62. The van der Waals surface area contributed by atoms with Crippen LogP contribution in [0, 0.1) is 5.92 Å². The molecule has 2 heterocycles. The lowest BCUT2D eigenvalue weighted by molar-refractivity contribution is -0.123. The first-order valence-corrected chi connectivity index (χ1v) is 6.43. The summed E-state index contributed by atoms with van der Waals surface area (Å²) in [4.78, 5) is 16.0. The Morgan fingerprint density at radius 1 is 1.40 bits per heavy atom. The molecule has 2 aliphatic heterocycles. The Kier molecular flexibility index (Phi) is 3.20. The van der Waals surface area contributed by atoms with E-state index < -0.39 is 18.1 Å². The van der Waals surface area contributed by atoms with Crippen molar-refractivity contribution in [3.8, 4) is 0 Å². The number of fused-ring (bicyclic) bond motifs is 1. The second kappa shape index (κ2) is 4.89. The minimum Gasteiger partial charge on any atom is -0.388 e. The molecule has 0 radical (unpaired) electrons. The average molecular weight is 279 g/mol. The van der Waals surface area contributed by atoms with E-state index in [1.54, 1.807) is 18.4 Å². The van der Waals surface area contributed by atoms with Gasteiger partial charge in [0.1, 0.15) is 18.2 Å². The highest BCUT2D eigenvalue weighted by Crippen LogP contribution is 2.24. The van der Waals surface area contributed by atoms with Crippen molar-refractivity contribution in [2.75, 3.05) is 6.54 Å². The van der Waals surface area contributed by atoms with Crippen molar-refractivity contribution in [3.63, 3.8) is 0 Å². The molecule has 0 spiro atoms. The molecule has 0 aromatic rings. The van der Waals surface area contributed by atoms with E-state index in [2.05, 4.69) is 20.9 Å². The molecule has 7 N–H and O–H groups in total. The highest BCUT2D eigenvalue weighted by Gasteiger charge is 2.39. The summed E-state index contributed by atoms with van der Waals surface area (Å²) in [5.41, 5.74) is 6.34. The van der Waals surface area contributed by atoms with Gasteiger partial charge in [-0.15, -0.1) is 0 Å². The van der Waals surface area contributed by atoms with Crippen LogP contribution in [0.4, 0.5) is 0 Å². The van der Waals surface area contributed by atoms with E-state index in [-0.39, 0.29) is 24.1 Å². The molecule has 0 saturated heterocycles. The lowest BCUT2D eigenvalue weighted by atomic mass is 9.97. The van der Waals surface area contributed by atoms with Gasteiger partial charge in [0.2, 0.25) is 5.91 Å². The lowest BCUT2D eigenvalue weighted by Gasteiger charge is -2.25. The monoisotopic (exact) mass is 279 g/mol. The number of carbonyl (C=O) groups is 1. The second-order valence-electron chi connectivity index (χ2n) is 5.08. The zero-order valence-electron chi connectivity index (χ0n) is 10.7. The molecular formula is C12H17N5O3. The van der Waals surface area contributed by atoms with Crippen molar-refractivity contribution in [3.05, 3.63) is 23.9 Å². The summed E-state index contributed by atoms with van der Waals surface area (Å²) in [6, 6.07) is -0.329. The molecular weight excluding hydrogens is 262 g/mol. The van der Waals surface area contributed by atoms with Crippen LogP contribution in [0.3, 0.4) is 0 Å². The number of carbonyl (C=O) groups excluding carboxylic acids is 1. The summed E-state index contributed by atoms with van der Waals surface area (Å²) in [7, 11) is 0. The molecule has 3 aliphatic rings. The molecule has 8 nitrogen and oxygen atoms in total. The van der Waals surface area contributed by atoms with Gasteiger partial charge in [-0.25, -0.2) is 4.99 Å². The molecule has 108 valence electrons. The van der Waals surface area contributed by atoms with Gasteiger partial charge in [-0.2, -0.15) is 0 Å². The number of hydrogen-bond donors (Lipinski definition) is 6. The predicted octanol–water partition coefficient (Wildman–Crippen LogP) is -2.89. The number of nitrogens with two attached hydrogens (primary N) is 1. The van der Waals surface area contributed by atoms with Gasteiger partial charge in [0.25, 0.3) is 0 Å². The molecule has 0 aromatic carbocycles. The summed E-state index contributed by atoms with van der Waals surface area (Å²) >= 11 is 0. The number of amides is 1. The van der Waals surface area contributed by atoms with Crippen molar-refractivity contribution in [1.29, 1.82) is 0 Å². The van der Waals surface area contributed by atoms with Crippen LogP contribution in [0.5, 0.6) is 0 Å². The first kappa shape index (κ1) is 13.1. The average Bonchev–Trinajstić information content (AvgIpc) is 2.93. The third-order valence-corrected chi connectivity index (χ3v) is 3.74. The minimum atomic E-state index is -0.866. The van der Waals surface area contributed by atoms with Gasteiger partial charge in [0.15, 0.2) is 5.96 Å². The van der Waals surface area contributed by atoms with Crippen molar-refractivity contribution >= 4 is 11.9 Å². The molecule has 5 atom stereocenters. The number of aliphatic hydroxyl groups excluding tert-OH is 2. The fourth-order valence-corrected chi connectivity index (χ4v) is 2.65. The van der Waals surface area contributed by atoms with Gasteiger partial charge < -0.3 is 26.6 Å². The van der Waals surface area contributed by atoms with Crippen molar-refractivity contribution in [2.24, 2.45) is 16.6 Å². The summed E-state index contributed by atoms with van der Waals surface area (Å²) in [6.07, 6.45) is 2.92. The topological polar surface area (TPSA) is 132 Å². The first-order valence-electron chi connectivity index (χ1n) is 6.43. The van der Waals surface area contributed by atoms with Crippen LogP contribution < -0.4 is 21.7 Å².